The summed E-state index contributed by atoms with van der Waals surface area (Å²) >= 11 is 6.21. The summed E-state index contributed by atoms with van der Waals surface area (Å²) in [5.74, 6) is 1.72. The molecule has 1 aliphatic carbocycles. The molecular formula is C21H23ClN4O. The third-order valence-corrected chi connectivity index (χ3v) is 6.74. The predicted molar refractivity (Wildman–Crippen MR) is 106 cm³/mol. The number of rotatable bonds is 2. The van der Waals surface area contributed by atoms with E-state index < -0.39 is 0 Å². The van der Waals surface area contributed by atoms with Crippen molar-refractivity contribution in [2.24, 2.45) is 5.92 Å². The van der Waals surface area contributed by atoms with Crippen molar-refractivity contribution in [2.75, 3.05) is 31.1 Å². The Morgan fingerprint density at radius 2 is 2.04 bits per heavy atom. The lowest BCUT2D eigenvalue weighted by Crippen LogP contribution is -2.30. The first-order chi connectivity index (χ1) is 13.1. The molecule has 3 aliphatic rings. The Morgan fingerprint density at radius 3 is 2.85 bits per heavy atom. The third kappa shape index (κ3) is 2.80. The van der Waals surface area contributed by atoms with Gasteiger partial charge in [-0.25, -0.2) is 9.97 Å². The molecule has 1 amide bonds. The molecule has 0 saturated carbocycles. The first-order valence-electron chi connectivity index (χ1n) is 9.77. The normalized spacial score (nSPS) is 23.6. The fourth-order valence-corrected chi connectivity index (χ4v) is 4.98. The number of carbonyl (C=O) groups excluding carboxylic acids is 1. The van der Waals surface area contributed by atoms with Crippen LogP contribution in [0.3, 0.4) is 0 Å². The van der Waals surface area contributed by atoms with Crippen LogP contribution < -0.4 is 4.90 Å². The third-order valence-electron chi connectivity index (χ3n) is 6.33. The minimum atomic E-state index is 0.0831. The lowest BCUT2D eigenvalue weighted by Gasteiger charge is -2.20. The lowest BCUT2D eigenvalue weighted by atomic mass is 9.99. The van der Waals surface area contributed by atoms with Gasteiger partial charge in [-0.2, -0.15) is 0 Å². The summed E-state index contributed by atoms with van der Waals surface area (Å²) in [6, 6.07) is 5.56. The predicted octanol–water partition coefficient (Wildman–Crippen LogP) is 3.45. The minimum Gasteiger partial charge on any atom is -0.341 e. The zero-order valence-corrected chi connectivity index (χ0v) is 16.2. The van der Waals surface area contributed by atoms with Gasteiger partial charge < -0.3 is 9.80 Å². The minimum absolute atomic E-state index is 0.0831. The molecule has 0 bridgehead atoms. The second-order valence-electron chi connectivity index (χ2n) is 7.97. The molecule has 1 aromatic heterocycles. The molecule has 140 valence electrons. The maximum atomic E-state index is 13.1. The first-order valence-corrected chi connectivity index (χ1v) is 10.1. The topological polar surface area (TPSA) is 49.3 Å². The zero-order valence-electron chi connectivity index (χ0n) is 15.5. The molecule has 2 aromatic rings. The SMILES string of the molecule is Cc1c(Cl)cccc1C(=O)N1CC2Cc3cnc(N4CCCC4)nc3C2C1. The van der Waals surface area contributed by atoms with Gasteiger partial charge in [-0.1, -0.05) is 17.7 Å². The highest BCUT2D eigenvalue weighted by Crippen LogP contribution is 2.43. The van der Waals surface area contributed by atoms with E-state index in [1.807, 2.05) is 36.2 Å². The molecule has 1 aromatic carbocycles. The summed E-state index contributed by atoms with van der Waals surface area (Å²) < 4.78 is 0. The Morgan fingerprint density at radius 1 is 1.22 bits per heavy atom. The average molecular weight is 383 g/mol. The van der Waals surface area contributed by atoms with E-state index in [1.165, 1.54) is 18.4 Å². The molecule has 6 heteroatoms. The Kier molecular flexibility index (Phi) is 4.08. The fourth-order valence-electron chi connectivity index (χ4n) is 4.80. The average Bonchev–Trinajstić information content (AvgIpc) is 3.39. The van der Waals surface area contributed by atoms with Gasteiger partial charge in [0.05, 0.1) is 5.69 Å². The highest BCUT2D eigenvalue weighted by Gasteiger charge is 2.43. The quantitative estimate of drug-likeness (QED) is 0.798. The van der Waals surface area contributed by atoms with Gasteiger partial charge in [0.2, 0.25) is 5.95 Å². The number of aromatic nitrogens is 2. The van der Waals surface area contributed by atoms with Gasteiger partial charge in [0.1, 0.15) is 0 Å². The zero-order chi connectivity index (χ0) is 18.5. The summed E-state index contributed by atoms with van der Waals surface area (Å²) in [7, 11) is 0. The van der Waals surface area contributed by atoms with Gasteiger partial charge in [0.15, 0.2) is 0 Å². The Hall–Kier alpha value is -2.14. The number of hydrogen-bond donors (Lipinski definition) is 0. The summed E-state index contributed by atoms with van der Waals surface area (Å²) in [4.78, 5) is 26.9. The van der Waals surface area contributed by atoms with Crippen molar-refractivity contribution in [2.45, 2.75) is 32.1 Å². The van der Waals surface area contributed by atoms with E-state index >= 15 is 0 Å². The molecule has 0 N–H and O–H groups in total. The van der Waals surface area contributed by atoms with Gasteiger partial charge in [-0.05, 0) is 55.4 Å². The number of anilines is 1. The van der Waals surface area contributed by atoms with Crippen molar-refractivity contribution >= 4 is 23.5 Å². The maximum absolute atomic E-state index is 13.1. The molecule has 2 unspecified atom stereocenters. The van der Waals surface area contributed by atoms with Crippen LogP contribution in [0.25, 0.3) is 0 Å². The van der Waals surface area contributed by atoms with E-state index in [1.54, 1.807) is 0 Å². The van der Waals surface area contributed by atoms with Crippen molar-refractivity contribution in [3.05, 3.63) is 51.8 Å². The van der Waals surface area contributed by atoms with Crippen LogP contribution >= 0.6 is 11.6 Å². The van der Waals surface area contributed by atoms with E-state index in [2.05, 4.69) is 9.88 Å². The Labute approximate surface area is 164 Å². The summed E-state index contributed by atoms with van der Waals surface area (Å²) in [5, 5.41) is 0.647. The fraction of sp³-hybridized carbons (Fsp3) is 0.476. The van der Waals surface area contributed by atoms with E-state index in [4.69, 9.17) is 16.6 Å². The van der Waals surface area contributed by atoms with Crippen LogP contribution in [0.5, 0.6) is 0 Å². The van der Waals surface area contributed by atoms with Crippen molar-refractivity contribution in [1.29, 1.82) is 0 Å². The van der Waals surface area contributed by atoms with E-state index in [-0.39, 0.29) is 5.91 Å². The second-order valence-corrected chi connectivity index (χ2v) is 8.38. The Bertz CT molecular complexity index is 909. The van der Waals surface area contributed by atoms with Gasteiger partial charge in [0, 0.05) is 48.9 Å². The highest BCUT2D eigenvalue weighted by atomic mass is 35.5. The molecule has 2 saturated heterocycles. The number of amides is 1. The number of carbonyl (C=O) groups is 1. The molecule has 0 radical (unpaired) electrons. The number of hydrogen-bond acceptors (Lipinski definition) is 4. The highest BCUT2D eigenvalue weighted by molar-refractivity contribution is 6.31. The van der Waals surface area contributed by atoms with Crippen molar-refractivity contribution in [3.8, 4) is 0 Å². The molecule has 3 heterocycles. The molecule has 5 nitrogen and oxygen atoms in total. The number of halogens is 1. The van der Waals surface area contributed by atoms with Crippen molar-refractivity contribution < 1.29 is 4.79 Å². The largest absolute Gasteiger partial charge is 0.341 e. The lowest BCUT2D eigenvalue weighted by molar-refractivity contribution is 0.0784. The van der Waals surface area contributed by atoms with E-state index in [0.29, 0.717) is 22.4 Å². The maximum Gasteiger partial charge on any atom is 0.254 e. The number of nitrogens with zero attached hydrogens (tertiary/aromatic N) is 4. The van der Waals surface area contributed by atoms with Gasteiger partial charge >= 0.3 is 0 Å². The van der Waals surface area contributed by atoms with Gasteiger partial charge in [-0.3, -0.25) is 4.79 Å². The molecule has 0 spiro atoms. The monoisotopic (exact) mass is 382 g/mol. The Balaban J connectivity index is 1.39. The summed E-state index contributed by atoms with van der Waals surface area (Å²) in [6.45, 7) is 5.53. The smallest absolute Gasteiger partial charge is 0.254 e. The van der Waals surface area contributed by atoms with Gasteiger partial charge in [0.25, 0.3) is 5.91 Å². The number of fused-ring (bicyclic) bond motifs is 3. The second kappa shape index (κ2) is 6.48. The van der Waals surface area contributed by atoms with Crippen LogP contribution in [0.1, 0.15) is 45.9 Å². The van der Waals surface area contributed by atoms with Crippen LogP contribution in [0.4, 0.5) is 5.95 Å². The van der Waals surface area contributed by atoms with Crippen molar-refractivity contribution in [3.63, 3.8) is 0 Å². The molecule has 2 atom stereocenters. The standard InChI is InChI=1S/C21H23ClN4O/c1-13-16(5-4-6-18(13)22)20(27)26-11-15-9-14-10-23-21(25-7-2-3-8-25)24-19(14)17(15)12-26/h4-6,10,15,17H,2-3,7-9,11-12H2,1H3. The number of likely N-dealkylation sites (tertiary alicyclic amines) is 1. The van der Waals surface area contributed by atoms with E-state index in [9.17, 15) is 4.79 Å². The van der Waals surface area contributed by atoms with Crippen LogP contribution in [0.15, 0.2) is 24.4 Å². The van der Waals surface area contributed by atoms with Crippen LogP contribution in [0, 0.1) is 12.8 Å². The molecular weight excluding hydrogens is 360 g/mol. The molecule has 27 heavy (non-hydrogen) atoms. The summed E-state index contributed by atoms with van der Waals surface area (Å²) in [6.07, 6.45) is 5.42. The van der Waals surface area contributed by atoms with Gasteiger partial charge in [-0.15, -0.1) is 0 Å². The first kappa shape index (κ1) is 17.0. The summed E-state index contributed by atoms with van der Waals surface area (Å²) in [5.41, 5.74) is 4.00. The molecule has 5 rings (SSSR count). The molecule has 2 aliphatic heterocycles. The van der Waals surface area contributed by atoms with Crippen molar-refractivity contribution in [1.82, 2.24) is 14.9 Å². The van der Waals surface area contributed by atoms with Crippen LogP contribution in [0.2, 0.25) is 5.02 Å². The van der Waals surface area contributed by atoms with Crippen LogP contribution in [-0.2, 0) is 6.42 Å². The molecule has 2 fully saturated rings. The van der Waals surface area contributed by atoms with Crippen LogP contribution in [-0.4, -0.2) is 47.0 Å². The van der Waals surface area contributed by atoms with E-state index in [0.717, 1.165) is 49.8 Å². The number of benzene rings is 1.